The molecule has 114 valence electrons. The molecular formula is C16H24N4O. The molecule has 1 aromatic carbocycles. The van der Waals surface area contributed by atoms with Crippen LogP contribution in [0.1, 0.15) is 49.9 Å². The second kappa shape index (κ2) is 7.11. The van der Waals surface area contributed by atoms with Gasteiger partial charge >= 0.3 is 0 Å². The van der Waals surface area contributed by atoms with Gasteiger partial charge in [-0.3, -0.25) is 4.79 Å². The standard InChI is InChI=1S/C16H24N4O/c1-3-5-6-11-20(10-4-2)16-18-13-9-7-8-12(15(17)21)14(13)19-16/h7-9H,3-6,10-11H2,1-2H3,(H2,17,21)(H,18,19). The first-order chi connectivity index (χ1) is 10.2. The molecule has 1 amide bonds. The first kappa shape index (κ1) is 15.4. The SMILES string of the molecule is CCCCCN(CCC)c1nc2c(C(N)=O)cccc2[nH]1. The second-order valence-corrected chi connectivity index (χ2v) is 5.32. The minimum Gasteiger partial charge on any atom is -0.366 e. The summed E-state index contributed by atoms with van der Waals surface area (Å²) < 4.78 is 0. The summed E-state index contributed by atoms with van der Waals surface area (Å²) in [5.41, 5.74) is 7.41. The number of carbonyl (C=O) groups excluding carboxylic acids is 1. The van der Waals surface area contributed by atoms with Gasteiger partial charge in [-0.1, -0.05) is 32.8 Å². The lowest BCUT2D eigenvalue weighted by Crippen LogP contribution is -2.26. The van der Waals surface area contributed by atoms with E-state index in [0.29, 0.717) is 11.1 Å². The van der Waals surface area contributed by atoms with Crippen LogP contribution in [0.2, 0.25) is 0 Å². The number of imidazole rings is 1. The lowest BCUT2D eigenvalue weighted by molar-refractivity contribution is 0.100. The molecule has 3 N–H and O–H groups in total. The quantitative estimate of drug-likeness (QED) is 0.733. The third kappa shape index (κ3) is 3.54. The van der Waals surface area contributed by atoms with Crippen molar-refractivity contribution in [2.24, 2.45) is 5.73 Å². The van der Waals surface area contributed by atoms with Crippen LogP contribution in [-0.4, -0.2) is 29.0 Å². The molecule has 0 spiro atoms. The van der Waals surface area contributed by atoms with E-state index in [1.165, 1.54) is 12.8 Å². The number of para-hydroxylation sites is 1. The molecule has 5 nitrogen and oxygen atoms in total. The number of hydrogen-bond donors (Lipinski definition) is 2. The Morgan fingerprint density at radius 2 is 2.05 bits per heavy atom. The van der Waals surface area contributed by atoms with Gasteiger partial charge in [-0.05, 0) is 25.0 Å². The maximum atomic E-state index is 11.5. The van der Waals surface area contributed by atoms with Crippen LogP contribution in [0.25, 0.3) is 11.0 Å². The smallest absolute Gasteiger partial charge is 0.250 e. The number of carbonyl (C=O) groups is 1. The lowest BCUT2D eigenvalue weighted by Gasteiger charge is -2.20. The second-order valence-electron chi connectivity index (χ2n) is 5.32. The van der Waals surface area contributed by atoms with Crippen molar-refractivity contribution in [1.82, 2.24) is 9.97 Å². The number of nitrogens with one attached hydrogen (secondary N) is 1. The number of rotatable bonds is 8. The monoisotopic (exact) mass is 288 g/mol. The van der Waals surface area contributed by atoms with Gasteiger partial charge in [0.1, 0.15) is 5.52 Å². The third-order valence-electron chi connectivity index (χ3n) is 3.59. The van der Waals surface area contributed by atoms with Crippen molar-refractivity contribution in [1.29, 1.82) is 0 Å². The van der Waals surface area contributed by atoms with Crippen LogP contribution in [0, 0.1) is 0 Å². The van der Waals surface area contributed by atoms with Crippen molar-refractivity contribution in [2.75, 3.05) is 18.0 Å². The summed E-state index contributed by atoms with van der Waals surface area (Å²) in [7, 11) is 0. The first-order valence-electron chi connectivity index (χ1n) is 7.70. The zero-order valence-electron chi connectivity index (χ0n) is 12.9. The summed E-state index contributed by atoms with van der Waals surface area (Å²) in [5.74, 6) is 0.392. The topological polar surface area (TPSA) is 75.0 Å². The maximum absolute atomic E-state index is 11.5. The van der Waals surface area contributed by atoms with E-state index in [9.17, 15) is 4.79 Å². The molecule has 0 aliphatic heterocycles. The van der Waals surface area contributed by atoms with Crippen molar-refractivity contribution in [3.05, 3.63) is 23.8 Å². The van der Waals surface area contributed by atoms with E-state index in [1.807, 2.05) is 12.1 Å². The van der Waals surface area contributed by atoms with Gasteiger partial charge in [-0.15, -0.1) is 0 Å². The molecule has 0 aliphatic rings. The number of aromatic amines is 1. The van der Waals surface area contributed by atoms with E-state index in [4.69, 9.17) is 5.73 Å². The Balaban J connectivity index is 2.30. The van der Waals surface area contributed by atoms with Gasteiger partial charge in [0.2, 0.25) is 5.95 Å². The molecule has 2 aromatic rings. The van der Waals surface area contributed by atoms with Gasteiger partial charge in [-0.25, -0.2) is 4.98 Å². The Hall–Kier alpha value is -2.04. The van der Waals surface area contributed by atoms with E-state index < -0.39 is 5.91 Å². The van der Waals surface area contributed by atoms with E-state index in [-0.39, 0.29) is 0 Å². The van der Waals surface area contributed by atoms with E-state index >= 15 is 0 Å². The van der Waals surface area contributed by atoms with Gasteiger partial charge in [0.25, 0.3) is 5.91 Å². The highest BCUT2D eigenvalue weighted by atomic mass is 16.1. The Morgan fingerprint density at radius 3 is 2.71 bits per heavy atom. The summed E-state index contributed by atoms with van der Waals surface area (Å²) in [6, 6.07) is 5.47. The van der Waals surface area contributed by atoms with Crippen molar-refractivity contribution < 1.29 is 4.79 Å². The summed E-state index contributed by atoms with van der Waals surface area (Å²) in [6.07, 6.45) is 4.63. The highest BCUT2D eigenvalue weighted by Crippen LogP contribution is 2.21. The molecule has 2 rings (SSSR count). The minimum atomic E-state index is -0.438. The average Bonchev–Trinajstić information content (AvgIpc) is 2.89. The maximum Gasteiger partial charge on any atom is 0.250 e. The normalized spacial score (nSPS) is 11.0. The van der Waals surface area contributed by atoms with Gasteiger partial charge in [0.05, 0.1) is 11.1 Å². The molecule has 21 heavy (non-hydrogen) atoms. The van der Waals surface area contributed by atoms with Crippen molar-refractivity contribution >= 4 is 22.9 Å². The van der Waals surface area contributed by atoms with Crippen LogP contribution in [0.15, 0.2) is 18.2 Å². The van der Waals surface area contributed by atoms with Crippen LogP contribution in [0.5, 0.6) is 0 Å². The van der Waals surface area contributed by atoms with Gasteiger partial charge in [-0.2, -0.15) is 0 Å². The molecule has 0 atom stereocenters. The molecule has 0 saturated carbocycles. The number of amides is 1. The van der Waals surface area contributed by atoms with E-state index in [0.717, 1.165) is 37.4 Å². The Labute approximate surface area is 125 Å². The fourth-order valence-corrected chi connectivity index (χ4v) is 2.51. The van der Waals surface area contributed by atoms with Gasteiger partial charge in [0.15, 0.2) is 0 Å². The zero-order chi connectivity index (χ0) is 15.2. The van der Waals surface area contributed by atoms with Gasteiger partial charge in [0, 0.05) is 13.1 Å². The fraction of sp³-hybridized carbons (Fsp3) is 0.500. The number of benzene rings is 1. The summed E-state index contributed by atoms with van der Waals surface area (Å²) in [4.78, 5) is 21.6. The molecule has 5 heteroatoms. The highest BCUT2D eigenvalue weighted by molar-refractivity contribution is 6.04. The van der Waals surface area contributed by atoms with Crippen molar-refractivity contribution in [3.8, 4) is 0 Å². The number of aromatic nitrogens is 2. The molecule has 1 heterocycles. The highest BCUT2D eigenvalue weighted by Gasteiger charge is 2.14. The minimum absolute atomic E-state index is 0.438. The number of H-pyrrole nitrogens is 1. The number of nitrogens with two attached hydrogens (primary N) is 1. The van der Waals surface area contributed by atoms with Crippen LogP contribution in [0.3, 0.4) is 0 Å². The number of anilines is 1. The number of fused-ring (bicyclic) bond motifs is 1. The van der Waals surface area contributed by atoms with Gasteiger partial charge < -0.3 is 15.6 Å². The Bertz CT molecular complexity index is 605. The van der Waals surface area contributed by atoms with Crippen molar-refractivity contribution in [3.63, 3.8) is 0 Å². The molecule has 0 aliphatic carbocycles. The van der Waals surface area contributed by atoms with Crippen molar-refractivity contribution in [2.45, 2.75) is 39.5 Å². The van der Waals surface area contributed by atoms with E-state index in [2.05, 4.69) is 28.7 Å². The number of hydrogen-bond acceptors (Lipinski definition) is 3. The summed E-state index contributed by atoms with van der Waals surface area (Å²) >= 11 is 0. The summed E-state index contributed by atoms with van der Waals surface area (Å²) in [5, 5.41) is 0. The molecule has 0 radical (unpaired) electrons. The summed E-state index contributed by atoms with van der Waals surface area (Å²) in [6.45, 7) is 6.29. The number of nitrogens with zero attached hydrogens (tertiary/aromatic N) is 2. The molecule has 1 aromatic heterocycles. The lowest BCUT2D eigenvalue weighted by atomic mass is 10.2. The molecule has 0 saturated heterocycles. The zero-order valence-corrected chi connectivity index (χ0v) is 12.9. The first-order valence-corrected chi connectivity index (χ1v) is 7.70. The van der Waals surface area contributed by atoms with E-state index in [1.54, 1.807) is 6.07 Å². The molecular weight excluding hydrogens is 264 g/mol. The molecule has 0 unspecified atom stereocenters. The molecule has 0 bridgehead atoms. The number of unbranched alkanes of at least 4 members (excludes halogenated alkanes) is 2. The predicted octanol–water partition coefficient (Wildman–Crippen LogP) is 3.07. The third-order valence-corrected chi connectivity index (χ3v) is 3.59. The Morgan fingerprint density at radius 1 is 1.24 bits per heavy atom. The number of primary amides is 1. The van der Waals surface area contributed by atoms with Crippen LogP contribution in [-0.2, 0) is 0 Å². The predicted molar refractivity (Wildman–Crippen MR) is 86.6 cm³/mol. The van der Waals surface area contributed by atoms with Crippen LogP contribution >= 0.6 is 0 Å². The Kier molecular flexibility index (Phi) is 5.20. The largest absolute Gasteiger partial charge is 0.366 e. The molecule has 0 fully saturated rings. The fourth-order valence-electron chi connectivity index (χ4n) is 2.51. The average molecular weight is 288 g/mol. The van der Waals surface area contributed by atoms with Crippen LogP contribution < -0.4 is 10.6 Å². The van der Waals surface area contributed by atoms with Crippen LogP contribution in [0.4, 0.5) is 5.95 Å².